The summed E-state index contributed by atoms with van der Waals surface area (Å²) in [5.41, 5.74) is -8.22. The van der Waals surface area contributed by atoms with Crippen LogP contribution in [0.3, 0.4) is 0 Å². The number of aromatic hydroxyl groups is 1. The molecule has 0 aliphatic rings. The van der Waals surface area contributed by atoms with Crippen molar-refractivity contribution in [2.75, 3.05) is 13.2 Å². The Morgan fingerprint density at radius 2 is 1.10 bits per heavy atom. The second-order valence-corrected chi connectivity index (χ2v) is 10.1. The van der Waals surface area contributed by atoms with Gasteiger partial charge in [0.15, 0.2) is 0 Å². The summed E-state index contributed by atoms with van der Waals surface area (Å²) in [4.78, 5) is 23.8. The summed E-state index contributed by atoms with van der Waals surface area (Å²) >= 11 is 0. The van der Waals surface area contributed by atoms with E-state index in [1.165, 1.54) is 48.5 Å². The van der Waals surface area contributed by atoms with Gasteiger partial charge in [-0.05, 0) is 67.8 Å². The first kappa shape index (κ1) is 41.1. The summed E-state index contributed by atoms with van der Waals surface area (Å²) in [6.45, 7) is -1.89. The van der Waals surface area contributed by atoms with E-state index in [1.807, 2.05) is 0 Å². The van der Waals surface area contributed by atoms with Crippen LogP contribution in [0.5, 0.6) is 17.2 Å². The first-order valence-corrected chi connectivity index (χ1v) is 13.5. The summed E-state index contributed by atoms with van der Waals surface area (Å²) in [6.07, 6.45) is -19.0. The second-order valence-electron chi connectivity index (χ2n) is 10.1. The topological polar surface area (TPSA) is 82.1 Å². The molecule has 0 unspecified atom stereocenters. The maximum atomic E-state index is 13.9. The highest BCUT2D eigenvalue weighted by Crippen LogP contribution is 2.64. The number of alkyl halides is 15. The van der Waals surface area contributed by atoms with Gasteiger partial charge in [-0.3, -0.25) is 4.79 Å². The first-order valence-electron chi connectivity index (χ1n) is 13.5. The van der Waals surface area contributed by atoms with E-state index in [1.54, 1.807) is 0 Å². The summed E-state index contributed by atoms with van der Waals surface area (Å²) in [6, 6.07) is 10.9. The van der Waals surface area contributed by atoms with E-state index in [9.17, 15) is 80.6 Å². The zero-order valence-corrected chi connectivity index (χ0v) is 24.2. The third kappa shape index (κ3) is 8.75. The minimum absolute atomic E-state index is 0.0370. The standard InChI is InChI=1S/C28H23F15O6/c29-22(30,24(32,33)26(36,37)25(34,35)23(31,27(38,39)40)28(41,42)43)13-15-48-20(45)4-2-1-3-14-47-18-9-5-16(6-10-18)21(46)49-19-11-7-17(44)8-12-19/h5-12,44H,1-4,13-15H2. The quantitative estimate of drug-likeness (QED) is 0.0802. The maximum Gasteiger partial charge on any atom is 0.438 e. The molecular formula is C28H23F15O6. The predicted octanol–water partition coefficient (Wildman–Crippen LogP) is 8.86. The fourth-order valence-corrected chi connectivity index (χ4v) is 3.79. The molecule has 0 aromatic heterocycles. The molecule has 0 saturated carbocycles. The lowest BCUT2D eigenvalue weighted by Crippen LogP contribution is -2.75. The van der Waals surface area contributed by atoms with E-state index in [-0.39, 0.29) is 42.9 Å². The van der Waals surface area contributed by atoms with E-state index in [0.29, 0.717) is 5.75 Å². The van der Waals surface area contributed by atoms with Crippen LogP contribution < -0.4 is 9.47 Å². The predicted molar refractivity (Wildman–Crippen MR) is 135 cm³/mol. The van der Waals surface area contributed by atoms with Crippen molar-refractivity contribution < 1.29 is 94.8 Å². The molecule has 0 spiro atoms. The molecule has 1 N–H and O–H groups in total. The Labute approximate surface area is 265 Å². The highest BCUT2D eigenvalue weighted by atomic mass is 19.4. The SMILES string of the molecule is O=C(CCCCCOc1ccc(C(=O)Oc2ccc(O)cc2)cc1)OCCC(F)(F)C(F)(F)C(F)(F)C(F)(F)C(F)(C(F)(F)F)C(F)(F)F. The van der Waals surface area contributed by atoms with Crippen molar-refractivity contribution in [1.29, 1.82) is 0 Å². The second kappa shape index (κ2) is 14.8. The van der Waals surface area contributed by atoms with Crippen LogP contribution in [0.1, 0.15) is 42.5 Å². The van der Waals surface area contributed by atoms with Gasteiger partial charge in [-0.2, -0.15) is 61.5 Å². The Morgan fingerprint density at radius 1 is 0.592 bits per heavy atom. The Balaban J connectivity index is 1.81. The van der Waals surface area contributed by atoms with Crippen molar-refractivity contribution in [1.82, 2.24) is 0 Å². The molecule has 0 saturated heterocycles. The zero-order chi connectivity index (χ0) is 37.7. The van der Waals surface area contributed by atoms with Gasteiger partial charge in [-0.25, -0.2) is 9.18 Å². The van der Waals surface area contributed by atoms with Crippen molar-refractivity contribution in [3.05, 3.63) is 54.1 Å². The van der Waals surface area contributed by atoms with Gasteiger partial charge in [-0.15, -0.1) is 0 Å². The van der Waals surface area contributed by atoms with Crippen LogP contribution in [0.2, 0.25) is 0 Å². The van der Waals surface area contributed by atoms with Gasteiger partial charge in [-0.1, -0.05) is 0 Å². The molecule has 0 atom stereocenters. The molecule has 2 aromatic rings. The third-order valence-electron chi connectivity index (χ3n) is 6.57. The highest BCUT2D eigenvalue weighted by molar-refractivity contribution is 5.91. The molecule has 6 nitrogen and oxygen atoms in total. The van der Waals surface area contributed by atoms with Gasteiger partial charge in [0.05, 0.1) is 25.2 Å². The minimum Gasteiger partial charge on any atom is -0.508 e. The van der Waals surface area contributed by atoms with E-state index in [2.05, 4.69) is 4.74 Å². The lowest BCUT2D eigenvalue weighted by atomic mass is 9.85. The summed E-state index contributed by atoms with van der Waals surface area (Å²) < 4.78 is 214. The average molecular weight is 740 g/mol. The summed E-state index contributed by atoms with van der Waals surface area (Å²) in [7, 11) is 0. The zero-order valence-electron chi connectivity index (χ0n) is 24.2. The molecule has 0 aliphatic carbocycles. The van der Waals surface area contributed by atoms with Crippen molar-refractivity contribution in [2.24, 2.45) is 0 Å². The number of carbonyl (C=O) groups excluding carboxylic acids is 2. The molecule has 0 radical (unpaired) electrons. The molecule has 0 heterocycles. The van der Waals surface area contributed by atoms with Crippen LogP contribution in [0.15, 0.2) is 48.5 Å². The fraction of sp³-hybridized carbons (Fsp3) is 0.500. The first-order chi connectivity index (χ1) is 22.2. The number of rotatable bonds is 16. The minimum atomic E-state index is -8.50. The van der Waals surface area contributed by atoms with Crippen LogP contribution in [0.25, 0.3) is 0 Å². The van der Waals surface area contributed by atoms with E-state index < -0.39 is 73.1 Å². The number of hydrogen-bond acceptors (Lipinski definition) is 6. The average Bonchev–Trinajstić information content (AvgIpc) is 2.98. The van der Waals surface area contributed by atoms with Crippen LogP contribution in [0.4, 0.5) is 65.9 Å². The molecule has 0 fully saturated rings. The Bertz CT molecular complexity index is 1390. The van der Waals surface area contributed by atoms with Crippen LogP contribution >= 0.6 is 0 Å². The lowest BCUT2D eigenvalue weighted by molar-refractivity contribution is -0.457. The van der Waals surface area contributed by atoms with E-state index >= 15 is 0 Å². The monoisotopic (exact) mass is 740 g/mol. The molecule has 0 aliphatic heterocycles. The molecule has 21 heteroatoms. The number of benzene rings is 2. The van der Waals surface area contributed by atoms with Gasteiger partial charge in [0.2, 0.25) is 0 Å². The van der Waals surface area contributed by atoms with Gasteiger partial charge in [0.1, 0.15) is 17.2 Å². The van der Waals surface area contributed by atoms with Crippen LogP contribution in [0, 0.1) is 0 Å². The Hall–Kier alpha value is -4.07. The fourth-order valence-electron chi connectivity index (χ4n) is 3.79. The summed E-state index contributed by atoms with van der Waals surface area (Å²) in [5, 5.41) is 9.24. The Morgan fingerprint density at radius 3 is 1.61 bits per heavy atom. The van der Waals surface area contributed by atoms with Crippen molar-refractivity contribution in [3.63, 3.8) is 0 Å². The third-order valence-corrected chi connectivity index (χ3v) is 6.57. The van der Waals surface area contributed by atoms with Gasteiger partial charge < -0.3 is 19.3 Å². The van der Waals surface area contributed by atoms with E-state index in [4.69, 9.17) is 9.47 Å². The maximum absolute atomic E-state index is 13.9. The Kier molecular flexibility index (Phi) is 12.4. The lowest BCUT2D eigenvalue weighted by Gasteiger charge is -2.43. The molecule has 2 rings (SSSR count). The number of hydrogen-bond donors (Lipinski definition) is 1. The van der Waals surface area contributed by atoms with Gasteiger partial charge >= 0.3 is 53.7 Å². The van der Waals surface area contributed by atoms with E-state index in [0.717, 1.165) is 0 Å². The number of unbranched alkanes of at least 4 members (excludes halogenated alkanes) is 2. The van der Waals surface area contributed by atoms with Crippen molar-refractivity contribution in [3.8, 4) is 17.2 Å². The van der Waals surface area contributed by atoms with Crippen LogP contribution in [-0.2, 0) is 9.53 Å². The molecule has 0 bridgehead atoms. The number of phenolic OH excluding ortho intramolecular Hbond substituents is 1. The molecule has 49 heavy (non-hydrogen) atoms. The number of ether oxygens (including phenoxy) is 3. The summed E-state index contributed by atoms with van der Waals surface area (Å²) in [5.74, 6) is -32.7. The van der Waals surface area contributed by atoms with Gasteiger partial charge in [0, 0.05) is 6.42 Å². The van der Waals surface area contributed by atoms with Gasteiger partial charge in [0.25, 0.3) is 0 Å². The van der Waals surface area contributed by atoms with Crippen molar-refractivity contribution >= 4 is 11.9 Å². The largest absolute Gasteiger partial charge is 0.508 e. The highest BCUT2D eigenvalue weighted by Gasteiger charge is 2.95. The molecule has 2 aromatic carbocycles. The number of carbonyl (C=O) groups is 2. The molecule has 0 amide bonds. The number of halogens is 15. The normalized spacial score (nSPS) is 13.6. The number of phenols is 1. The smallest absolute Gasteiger partial charge is 0.438 e. The molecule has 276 valence electrons. The van der Waals surface area contributed by atoms with Crippen molar-refractivity contribution in [2.45, 2.75) is 73.8 Å². The number of esters is 2. The molecular weight excluding hydrogens is 717 g/mol. The van der Waals surface area contributed by atoms with Crippen LogP contribution in [-0.4, -0.2) is 72.0 Å².